The van der Waals surface area contributed by atoms with Crippen LogP contribution in [0.5, 0.6) is 5.75 Å². The number of benzene rings is 2. The molecule has 2 aliphatic rings. The first-order chi connectivity index (χ1) is 24.0. The summed E-state index contributed by atoms with van der Waals surface area (Å²) >= 11 is 0. The van der Waals surface area contributed by atoms with Crippen LogP contribution >= 0.6 is 0 Å². The van der Waals surface area contributed by atoms with Crippen molar-refractivity contribution in [3.8, 4) is 16.9 Å². The van der Waals surface area contributed by atoms with Crippen LogP contribution in [0.2, 0.25) is 0 Å². The molecule has 1 aliphatic carbocycles. The molecule has 0 bridgehead atoms. The van der Waals surface area contributed by atoms with Gasteiger partial charge in [-0.05, 0) is 48.4 Å². The Morgan fingerprint density at radius 3 is 2.26 bits per heavy atom. The number of halogens is 3. The SMILES string of the molecule is CCCCN=C(N)NC(=O)CCc1ccc(-c2ccc(CN3CCN(C4CCCCC4)CC3)cc2)c(OCCCOC)c1.O=C(O)C(F)(F)F. The van der Waals surface area contributed by atoms with Gasteiger partial charge in [0.1, 0.15) is 5.75 Å². The molecule has 4 rings (SSSR count). The van der Waals surface area contributed by atoms with Crippen molar-refractivity contribution in [2.24, 2.45) is 10.7 Å². The lowest BCUT2D eigenvalue weighted by Crippen LogP contribution is -2.50. The fourth-order valence-corrected chi connectivity index (χ4v) is 6.11. The number of nitrogens with zero attached hydrogens (tertiary/aromatic N) is 3. The number of nitrogens with one attached hydrogen (secondary N) is 1. The van der Waals surface area contributed by atoms with Crippen LogP contribution in [0.15, 0.2) is 47.5 Å². The molecule has 1 aliphatic heterocycles. The van der Waals surface area contributed by atoms with E-state index in [1.165, 1.54) is 50.8 Å². The summed E-state index contributed by atoms with van der Waals surface area (Å²) in [4.78, 5) is 30.8. The second-order valence-corrected chi connectivity index (χ2v) is 12.8. The van der Waals surface area contributed by atoms with E-state index in [0.29, 0.717) is 32.6 Å². The Kier molecular flexibility index (Phi) is 17.5. The Labute approximate surface area is 294 Å². The van der Waals surface area contributed by atoms with E-state index in [2.05, 4.69) is 69.5 Å². The number of hydrogen-bond acceptors (Lipinski definition) is 7. The Balaban J connectivity index is 0.000000872. The number of guanidine groups is 1. The molecular weight excluding hydrogens is 651 g/mol. The van der Waals surface area contributed by atoms with Gasteiger partial charge in [0, 0.05) is 77.4 Å². The number of amides is 1. The largest absolute Gasteiger partial charge is 0.493 e. The number of alkyl halides is 3. The molecular formula is C37H54F3N5O5. The highest BCUT2D eigenvalue weighted by atomic mass is 19.4. The molecule has 1 amide bonds. The second-order valence-electron chi connectivity index (χ2n) is 12.8. The highest BCUT2D eigenvalue weighted by Crippen LogP contribution is 2.32. The molecule has 0 unspecified atom stereocenters. The number of unbranched alkanes of at least 4 members (excludes halogenated alkanes) is 1. The summed E-state index contributed by atoms with van der Waals surface area (Å²) in [5.41, 5.74) is 10.4. The number of methoxy groups -OCH3 is 1. The van der Waals surface area contributed by atoms with Crippen LogP contribution in [0.1, 0.15) is 75.8 Å². The lowest BCUT2D eigenvalue weighted by Gasteiger charge is -2.40. The number of carboxylic acid groups (broad SMARTS) is 1. The first-order valence-corrected chi connectivity index (χ1v) is 17.7. The summed E-state index contributed by atoms with van der Waals surface area (Å²) in [6, 6.07) is 16.0. The monoisotopic (exact) mass is 705 g/mol. The molecule has 50 heavy (non-hydrogen) atoms. The number of nitrogens with two attached hydrogens (primary N) is 1. The Morgan fingerprint density at radius 2 is 1.64 bits per heavy atom. The van der Waals surface area contributed by atoms with Gasteiger partial charge in [0.25, 0.3) is 0 Å². The number of ether oxygens (including phenoxy) is 2. The molecule has 0 aromatic heterocycles. The van der Waals surface area contributed by atoms with E-state index in [4.69, 9.17) is 25.1 Å². The third-order valence-corrected chi connectivity index (χ3v) is 8.91. The molecule has 0 radical (unpaired) electrons. The Hall–Kier alpha value is -3.68. The standard InChI is InChI=1S/C35H53N5O3.C2HF3O2/c1-3-4-19-37-35(36)38-34(41)18-14-28-13-17-32(33(26-28)43-25-8-24-42-2)30-15-11-29(12-16-30)27-39-20-22-40(23-21-39)31-9-6-5-7-10-31;3-2(4,5)1(6)7/h11-13,15-17,26,31H,3-10,14,18-25,27H2,1-2H3,(H3,36,37,38,41);(H,6,7). The second kappa shape index (κ2) is 21.5. The third-order valence-electron chi connectivity index (χ3n) is 8.91. The predicted octanol–water partition coefficient (Wildman–Crippen LogP) is 6.02. The molecule has 1 saturated carbocycles. The maximum atomic E-state index is 12.4. The summed E-state index contributed by atoms with van der Waals surface area (Å²) in [7, 11) is 1.70. The molecule has 2 fully saturated rings. The number of aliphatic carboxylic acids is 1. The van der Waals surface area contributed by atoms with Crippen molar-refractivity contribution >= 4 is 17.8 Å². The lowest BCUT2D eigenvalue weighted by molar-refractivity contribution is -0.192. The molecule has 1 saturated heterocycles. The first-order valence-electron chi connectivity index (χ1n) is 17.7. The van der Waals surface area contributed by atoms with Crippen molar-refractivity contribution in [2.75, 3.05) is 53.0 Å². The van der Waals surface area contributed by atoms with Crippen LogP contribution in [0.25, 0.3) is 11.1 Å². The normalized spacial score (nSPS) is 16.4. The van der Waals surface area contributed by atoms with Gasteiger partial charge in [-0.1, -0.05) is 69.0 Å². The van der Waals surface area contributed by atoms with Crippen molar-refractivity contribution in [3.63, 3.8) is 0 Å². The van der Waals surface area contributed by atoms with E-state index in [-0.39, 0.29) is 11.9 Å². The van der Waals surface area contributed by atoms with Gasteiger partial charge in [-0.25, -0.2) is 4.79 Å². The minimum Gasteiger partial charge on any atom is -0.493 e. The zero-order chi connectivity index (χ0) is 36.4. The smallest absolute Gasteiger partial charge is 0.490 e. The van der Waals surface area contributed by atoms with E-state index in [9.17, 15) is 18.0 Å². The van der Waals surface area contributed by atoms with Crippen molar-refractivity contribution < 1.29 is 37.3 Å². The van der Waals surface area contributed by atoms with Gasteiger partial charge >= 0.3 is 12.1 Å². The Morgan fingerprint density at radius 1 is 0.980 bits per heavy atom. The fourth-order valence-electron chi connectivity index (χ4n) is 6.11. The van der Waals surface area contributed by atoms with Gasteiger partial charge in [0.15, 0.2) is 5.96 Å². The molecule has 0 spiro atoms. The van der Waals surface area contributed by atoms with Crippen LogP contribution in [-0.2, 0) is 27.3 Å². The van der Waals surface area contributed by atoms with Crippen LogP contribution in [0, 0.1) is 0 Å². The summed E-state index contributed by atoms with van der Waals surface area (Å²) in [6.07, 6.45) is 5.65. The van der Waals surface area contributed by atoms with Gasteiger partial charge in [-0.2, -0.15) is 13.2 Å². The summed E-state index contributed by atoms with van der Waals surface area (Å²) in [6.45, 7) is 9.63. The molecule has 0 atom stereocenters. The van der Waals surface area contributed by atoms with Crippen LogP contribution < -0.4 is 15.8 Å². The van der Waals surface area contributed by atoms with Crippen molar-refractivity contribution in [1.82, 2.24) is 15.1 Å². The van der Waals surface area contributed by atoms with Gasteiger partial charge in [-0.3, -0.25) is 24.9 Å². The lowest BCUT2D eigenvalue weighted by atomic mass is 9.94. The van der Waals surface area contributed by atoms with Gasteiger partial charge in [0.05, 0.1) is 6.61 Å². The van der Waals surface area contributed by atoms with E-state index in [0.717, 1.165) is 67.4 Å². The fraction of sp³-hybridized carbons (Fsp3) is 0.595. The van der Waals surface area contributed by atoms with Crippen molar-refractivity contribution in [2.45, 2.75) is 89.9 Å². The Bertz CT molecular complexity index is 1340. The predicted molar refractivity (Wildman–Crippen MR) is 189 cm³/mol. The molecule has 1 heterocycles. The van der Waals surface area contributed by atoms with Gasteiger partial charge in [-0.15, -0.1) is 0 Å². The van der Waals surface area contributed by atoms with E-state index < -0.39 is 12.1 Å². The number of hydrogen-bond donors (Lipinski definition) is 3. The minimum absolute atomic E-state index is 0.129. The molecule has 2 aromatic rings. The quantitative estimate of drug-likeness (QED) is 0.117. The average Bonchev–Trinajstić information content (AvgIpc) is 3.10. The maximum absolute atomic E-state index is 12.4. The van der Waals surface area contributed by atoms with Crippen molar-refractivity contribution in [3.05, 3.63) is 53.6 Å². The number of carbonyl (C=O) groups is 2. The van der Waals surface area contributed by atoms with Crippen molar-refractivity contribution in [1.29, 1.82) is 0 Å². The third kappa shape index (κ3) is 14.7. The number of piperazine rings is 1. The van der Waals surface area contributed by atoms with Crippen LogP contribution in [-0.4, -0.2) is 98.0 Å². The topological polar surface area (TPSA) is 130 Å². The molecule has 13 heteroatoms. The summed E-state index contributed by atoms with van der Waals surface area (Å²) < 4.78 is 43.2. The first kappa shape index (κ1) is 40.7. The van der Waals surface area contributed by atoms with Gasteiger partial charge in [0.2, 0.25) is 5.91 Å². The zero-order valence-electron chi connectivity index (χ0n) is 29.5. The van der Waals surface area contributed by atoms with Gasteiger partial charge < -0.3 is 20.3 Å². The van der Waals surface area contributed by atoms with E-state index in [1.54, 1.807) is 7.11 Å². The zero-order valence-corrected chi connectivity index (χ0v) is 29.5. The number of carbonyl (C=O) groups excluding carboxylic acids is 1. The number of rotatable bonds is 15. The minimum atomic E-state index is -5.08. The highest BCUT2D eigenvalue weighted by Gasteiger charge is 2.38. The molecule has 2 aromatic carbocycles. The van der Waals surface area contributed by atoms with Crippen LogP contribution in [0.4, 0.5) is 13.2 Å². The molecule has 4 N–H and O–H groups in total. The molecule has 278 valence electrons. The molecule has 10 nitrogen and oxygen atoms in total. The average molecular weight is 706 g/mol. The maximum Gasteiger partial charge on any atom is 0.490 e. The van der Waals surface area contributed by atoms with E-state index >= 15 is 0 Å². The van der Waals surface area contributed by atoms with E-state index in [1.807, 2.05) is 0 Å². The summed E-state index contributed by atoms with van der Waals surface area (Å²) in [5, 5.41) is 9.82. The number of aliphatic imine (C=N–C) groups is 1. The van der Waals surface area contributed by atoms with Crippen LogP contribution in [0.3, 0.4) is 0 Å². The summed E-state index contributed by atoms with van der Waals surface area (Å²) in [5.74, 6) is -1.86. The highest BCUT2D eigenvalue weighted by molar-refractivity contribution is 5.96. The number of aryl methyl sites for hydroxylation is 1. The number of carboxylic acids is 1.